The van der Waals surface area contributed by atoms with E-state index < -0.39 is 0 Å². The Labute approximate surface area is 116 Å². The zero-order chi connectivity index (χ0) is 14.1. The Kier molecular flexibility index (Phi) is 3.14. The van der Waals surface area contributed by atoms with Gasteiger partial charge in [0.05, 0.1) is 11.0 Å². The van der Waals surface area contributed by atoms with E-state index in [9.17, 15) is 4.39 Å². The Bertz CT molecular complexity index is 762. The minimum absolute atomic E-state index is 0.157. The quantitative estimate of drug-likeness (QED) is 0.743. The first kappa shape index (κ1) is 12.7. The number of nitrogens with two attached hydrogens (primary N) is 1. The van der Waals surface area contributed by atoms with Crippen LogP contribution in [-0.2, 0) is 19.9 Å². The van der Waals surface area contributed by atoms with Gasteiger partial charge in [0.2, 0.25) is 0 Å². The molecule has 1 heterocycles. The van der Waals surface area contributed by atoms with E-state index in [4.69, 9.17) is 5.73 Å². The van der Waals surface area contributed by atoms with E-state index >= 15 is 0 Å². The molecule has 0 spiro atoms. The SMILES string of the molecule is Cn1c(CCc2ccccc2F)nc2ccc(N)cc21. The fourth-order valence-electron chi connectivity index (χ4n) is 2.43. The van der Waals surface area contributed by atoms with Crippen molar-refractivity contribution in [1.82, 2.24) is 9.55 Å². The van der Waals surface area contributed by atoms with Crippen LogP contribution in [0.5, 0.6) is 0 Å². The van der Waals surface area contributed by atoms with E-state index in [0.29, 0.717) is 12.8 Å². The van der Waals surface area contributed by atoms with Gasteiger partial charge in [0.15, 0.2) is 0 Å². The van der Waals surface area contributed by atoms with Gasteiger partial charge < -0.3 is 10.3 Å². The number of fused-ring (bicyclic) bond motifs is 1. The van der Waals surface area contributed by atoms with Crippen LogP contribution in [0.1, 0.15) is 11.4 Å². The van der Waals surface area contributed by atoms with E-state index in [1.54, 1.807) is 6.07 Å². The number of nitrogen functional groups attached to an aromatic ring is 1. The second kappa shape index (κ2) is 4.96. The van der Waals surface area contributed by atoms with E-state index in [1.165, 1.54) is 6.07 Å². The van der Waals surface area contributed by atoms with Crippen molar-refractivity contribution in [2.24, 2.45) is 7.05 Å². The van der Waals surface area contributed by atoms with Crippen molar-refractivity contribution < 1.29 is 4.39 Å². The Balaban J connectivity index is 1.88. The Hall–Kier alpha value is -2.36. The number of halogens is 1. The van der Waals surface area contributed by atoms with Crippen LogP contribution in [0.4, 0.5) is 10.1 Å². The molecule has 0 aliphatic heterocycles. The molecule has 102 valence electrons. The van der Waals surface area contributed by atoms with Crippen molar-refractivity contribution in [2.45, 2.75) is 12.8 Å². The summed E-state index contributed by atoms with van der Waals surface area (Å²) in [7, 11) is 1.96. The Morgan fingerprint density at radius 3 is 2.75 bits per heavy atom. The maximum Gasteiger partial charge on any atom is 0.126 e. The van der Waals surface area contributed by atoms with Gasteiger partial charge in [-0.2, -0.15) is 0 Å². The molecule has 0 saturated carbocycles. The van der Waals surface area contributed by atoms with Gasteiger partial charge in [-0.1, -0.05) is 18.2 Å². The summed E-state index contributed by atoms with van der Waals surface area (Å²) in [5.74, 6) is 0.782. The number of anilines is 1. The number of hydrogen-bond donors (Lipinski definition) is 1. The molecule has 0 bridgehead atoms. The minimum Gasteiger partial charge on any atom is -0.399 e. The molecular weight excluding hydrogens is 253 g/mol. The van der Waals surface area contributed by atoms with E-state index in [-0.39, 0.29) is 5.82 Å². The lowest BCUT2D eigenvalue weighted by atomic mass is 10.1. The Morgan fingerprint density at radius 2 is 1.95 bits per heavy atom. The van der Waals surface area contributed by atoms with Crippen LogP contribution in [0, 0.1) is 5.82 Å². The Morgan fingerprint density at radius 1 is 1.15 bits per heavy atom. The van der Waals surface area contributed by atoms with Gasteiger partial charge >= 0.3 is 0 Å². The topological polar surface area (TPSA) is 43.8 Å². The summed E-state index contributed by atoms with van der Waals surface area (Å²) < 4.78 is 15.6. The highest BCUT2D eigenvalue weighted by Gasteiger charge is 2.09. The van der Waals surface area contributed by atoms with E-state index in [2.05, 4.69) is 4.98 Å². The van der Waals surface area contributed by atoms with Crippen LogP contribution < -0.4 is 5.73 Å². The number of imidazole rings is 1. The molecule has 0 aliphatic rings. The summed E-state index contributed by atoms with van der Waals surface area (Å²) in [4.78, 5) is 4.58. The summed E-state index contributed by atoms with van der Waals surface area (Å²) in [5.41, 5.74) is 9.17. The maximum atomic E-state index is 13.6. The van der Waals surface area contributed by atoms with Crippen LogP contribution >= 0.6 is 0 Å². The molecule has 0 saturated heterocycles. The van der Waals surface area contributed by atoms with Gasteiger partial charge in [-0.3, -0.25) is 0 Å². The van der Waals surface area contributed by atoms with E-state index in [0.717, 1.165) is 28.1 Å². The van der Waals surface area contributed by atoms with Crippen molar-refractivity contribution in [1.29, 1.82) is 0 Å². The highest BCUT2D eigenvalue weighted by atomic mass is 19.1. The van der Waals surface area contributed by atoms with Gasteiger partial charge in [0.1, 0.15) is 11.6 Å². The maximum absolute atomic E-state index is 13.6. The third-order valence-electron chi connectivity index (χ3n) is 3.57. The molecular formula is C16H16FN3. The molecule has 0 atom stereocenters. The van der Waals surface area contributed by atoms with Gasteiger partial charge in [0.25, 0.3) is 0 Å². The first-order valence-electron chi connectivity index (χ1n) is 6.59. The average Bonchev–Trinajstić information content (AvgIpc) is 2.75. The van der Waals surface area contributed by atoms with Crippen LogP contribution in [0.25, 0.3) is 11.0 Å². The molecule has 2 aromatic carbocycles. The zero-order valence-electron chi connectivity index (χ0n) is 11.3. The molecule has 2 N–H and O–H groups in total. The molecule has 0 aliphatic carbocycles. The summed E-state index contributed by atoms with van der Waals surface area (Å²) in [6.07, 6.45) is 1.34. The number of benzene rings is 2. The summed E-state index contributed by atoms with van der Waals surface area (Å²) >= 11 is 0. The number of aromatic nitrogens is 2. The highest BCUT2D eigenvalue weighted by molar-refractivity contribution is 5.79. The molecule has 0 fully saturated rings. The largest absolute Gasteiger partial charge is 0.399 e. The van der Waals surface area contributed by atoms with Crippen molar-refractivity contribution >= 4 is 16.7 Å². The third-order valence-corrected chi connectivity index (χ3v) is 3.57. The second-order valence-corrected chi connectivity index (χ2v) is 4.93. The fraction of sp³-hybridized carbons (Fsp3) is 0.188. The van der Waals surface area contributed by atoms with Crippen molar-refractivity contribution in [3.8, 4) is 0 Å². The van der Waals surface area contributed by atoms with Crippen molar-refractivity contribution in [3.63, 3.8) is 0 Å². The number of rotatable bonds is 3. The molecule has 3 aromatic rings. The van der Waals surface area contributed by atoms with Crippen LogP contribution in [0.3, 0.4) is 0 Å². The summed E-state index contributed by atoms with van der Waals surface area (Å²) in [5, 5.41) is 0. The monoisotopic (exact) mass is 269 g/mol. The van der Waals surface area contributed by atoms with Gasteiger partial charge in [0, 0.05) is 19.2 Å². The highest BCUT2D eigenvalue weighted by Crippen LogP contribution is 2.19. The summed E-state index contributed by atoms with van der Waals surface area (Å²) in [6, 6.07) is 12.5. The molecule has 0 radical (unpaired) electrons. The van der Waals surface area contributed by atoms with Crippen molar-refractivity contribution in [3.05, 3.63) is 59.7 Å². The fourth-order valence-corrected chi connectivity index (χ4v) is 2.43. The van der Waals surface area contributed by atoms with Gasteiger partial charge in [-0.15, -0.1) is 0 Å². The van der Waals surface area contributed by atoms with Crippen molar-refractivity contribution in [2.75, 3.05) is 5.73 Å². The molecule has 1 aromatic heterocycles. The predicted octanol–water partition coefficient (Wildman–Crippen LogP) is 3.08. The first-order valence-corrected chi connectivity index (χ1v) is 6.59. The van der Waals surface area contributed by atoms with Crippen LogP contribution in [-0.4, -0.2) is 9.55 Å². The second-order valence-electron chi connectivity index (χ2n) is 4.93. The normalized spacial score (nSPS) is 11.1. The number of aryl methyl sites for hydroxylation is 3. The molecule has 0 amide bonds. The molecule has 20 heavy (non-hydrogen) atoms. The first-order chi connectivity index (χ1) is 9.65. The number of hydrogen-bond acceptors (Lipinski definition) is 2. The standard InChI is InChI=1S/C16H16FN3/c1-20-15-10-12(18)7-8-14(15)19-16(20)9-6-11-4-2-3-5-13(11)17/h2-5,7-8,10H,6,9,18H2,1H3. The predicted molar refractivity (Wildman–Crippen MR) is 78.9 cm³/mol. The minimum atomic E-state index is -0.157. The van der Waals surface area contributed by atoms with Crippen LogP contribution in [0.15, 0.2) is 42.5 Å². The number of nitrogens with zero attached hydrogens (tertiary/aromatic N) is 2. The molecule has 3 rings (SSSR count). The van der Waals surface area contributed by atoms with Gasteiger partial charge in [-0.25, -0.2) is 9.37 Å². The summed E-state index contributed by atoms with van der Waals surface area (Å²) in [6.45, 7) is 0. The lowest BCUT2D eigenvalue weighted by molar-refractivity contribution is 0.606. The van der Waals surface area contributed by atoms with E-state index in [1.807, 2.05) is 41.9 Å². The lowest BCUT2D eigenvalue weighted by Crippen LogP contribution is -2.01. The van der Waals surface area contributed by atoms with Crippen LogP contribution in [0.2, 0.25) is 0 Å². The molecule has 4 heteroatoms. The average molecular weight is 269 g/mol. The molecule has 3 nitrogen and oxygen atoms in total. The third kappa shape index (κ3) is 2.25. The zero-order valence-corrected chi connectivity index (χ0v) is 11.3. The lowest BCUT2D eigenvalue weighted by Gasteiger charge is -2.04. The smallest absolute Gasteiger partial charge is 0.126 e. The molecule has 0 unspecified atom stereocenters. The van der Waals surface area contributed by atoms with Gasteiger partial charge in [-0.05, 0) is 36.2 Å².